The molecule has 4 bridgehead atoms. The second-order valence-electron chi connectivity index (χ2n) is 9.56. The van der Waals surface area contributed by atoms with E-state index in [2.05, 4.69) is 0 Å². The summed E-state index contributed by atoms with van der Waals surface area (Å²) in [4.78, 5) is 40.9. The second kappa shape index (κ2) is 7.90. The van der Waals surface area contributed by atoms with E-state index in [1.165, 1.54) is 35.5 Å². The molecule has 0 spiro atoms. The summed E-state index contributed by atoms with van der Waals surface area (Å²) < 4.78 is 5.52. The Bertz CT molecular complexity index is 977. The average Bonchev–Trinajstić information content (AvgIpc) is 3.30. The van der Waals surface area contributed by atoms with E-state index in [0.717, 1.165) is 19.3 Å². The molecule has 6 heteroatoms. The topological polar surface area (TPSA) is 63.7 Å². The highest BCUT2D eigenvalue weighted by molar-refractivity contribution is 7.12. The maximum Gasteiger partial charge on any atom is 0.340 e. The van der Waals surface area contributed by atoms with Gasteiger partial charge in [-0.05, 0) is 79.9 Å². The van der Waals surface area contributed by atoms with Crippen molar-refractivity contribution in [3.05, 3.63) is 52.2 Å². The summed E-state index contributed by atoms with van der Waals surface area (Å²) in [5.74, 6) is 1.36. The van der Waals surface area contributed by atoms with E-state index in [1.54, 1.807) is 37.4 Å². The SMILES string of the molecule is CN(C(=O)c1cccs1)c1ccccc1C(=O)OCC(=O)C12CC3CC(CC(C3)C1)C2. The Kier molecular flexibility index (Phi) is 5.21. The van der Waals surface area contributed by atoms with Gasteiger partial charge in [0.05, 0.1) is 16.1 Å². The third-order valence-corrected chi connectivity index (χ3v) is 8.34. The van der Waals surface area contributed by atoms with E-state index < -0.39 is 5.97 Å². The molecule has 6 rings (SSSR count). The van der Waals surface area contributed by atoms with Gasteiger partial charge in [-0.3, -0.25) is 9.59 Å². The Morgan fingerprint density at radius 2 is 1.65 bits per heavy atom. The van der Waals surface area contributed by atoms with Crippen molar-refractivity contribution in [3.8, 4) is 0 Å². The van der Waals surface area contributed by atoms with Gasteiger partial charge in [0.1, 0.15) is 0 Å². The maximum atomic E-state index is 13.2. The average molecular weight is 438 g/mol. The van der Waals surface area contributed by atoms with Gasteiger partial charge in [0, 0.05) is 12.5 Å². The third kappa shape index (κ3) is 3.71. The van der Waals surface area contributed by atoms with Crippen molar-refractivity contribution in [2.75, 3.05) is 18.6 Å². The number of rotatable bonds is 6. The highest BCUT2D eigenvalue weighted by Crippen LogP contribution is 2.60. The van der Waals surface area contributed by atoms with Gasteiger partial charge in [0.25, 0.3) is 5.91 Å². The molecule has 4 aliphatic carbocycles. The summed E-state index contributed by atoms with van der Waals surface area (Å²) in [6.45, 7) is -0.179. The van der Waals surface area contributed by atoms with Gasteiger partial charge in [-0.2, -0.15) is 0 Å². The van der Waals surface area contributed by atoms with Crippen molar-refractivity contribution in [1.29, 1.82) is 0 Å². The van der Waals surface area contributed by atoms with E-state index in [-0.39, 0.29) is 23.7 Å². The van der Waals surface area contributed by atoms with Crippen LogP contribution in [0.3, 0.4) is 0 Å². The van der Waals surface area contributed by atoms with Crippen molar-refractivity contribution in [2.45, 2.75) is 38.5 Å². The minimum atomic E-state index is -0.556. The summed E-state index contributed by atoms with van der Waals surface area (Å²) >= 11 is 1.36. The van der Waals surface area contributed by atoms with Crippen molar-refractivity contribution in [1.82, 2.24) is 0 Å². The number of hydrogen-bond donors (Lipinski definition) is 0. The van der Waals surface area contributed by atoms with Crippen LogP contribution in [0.15, 0.2) is 41.8 Å². The highest BCUT2D eigenvalue weighted by Gasteiger charge is 2.54. The molecule has 5 nitrogen and oxygen atoms in total. The smallest absolute Gasteiger partial charge is 0.340 e. The van der Waals surface area contributed by atoms with Crippen molar-refractivity contribution in [3.63, 3.8) is 0 Å². The Morgan fingerprint density at radius 3 is 2.26 bits per heavy atom. The molecule has 1 aromatic heterocycles. The first-order valence-electron chi connectivity index (χ1n) is 11.1. The number of Topliss-reactive ketones (excluding diaryl/α,β-unsaturated/α-hetero) is 1. The quantitative estimate of drug-likeness (QED) is 0.599. The largest absolute Gasteiger partial charge is 0.454 e. The van der Waals surface area contributed by atoms with Crippen LogP contribution in [0.2, 0.25) is 0 Å². The maximum absolute atomic E-state index is 13.2. The number of nitrogens with zero attached hydrogens (tertiary/aromatic N) is 1. The molecule has 0 N–H and O–H groups in total. The van der Waals surface area contributed by atoms with Gasteiger partial charge in [-0.25, -0.2) is 4.79 Å². The molecule has 162 valence electrons. The molecular weight excluding hydrogens is 410 g/mol. The molecule has 1 heterocycles. The molecule has 0 radical (unpaired) electrons. The first-order valence-corrected chi connectivity index (χ1v) is 11.9. The molecule has 0 unspecified atom stereocenters. The normalized spacial score (nSPS) is 28.4. The Morgan fingerprint density at radius 1 is 1.00 bits per heavy atom. The van der Waals surface area contributed by atoms with Gasteiger partial charge in [0.15, 0.2) is 12.4 Å². The second-order valence-corrected chi connectivity index (χ2v) is 10.5. The van der Waals surface area contributed by atoms with Crippen LogP contribution in [0, 0.1) is 23.2 Å². The molecule has 1 amide bonds. The van der Waals surface area contributed by atoms with E-state index >= 15 is 0 Å². The summed E-state index contributed by atoms with van der Waals surface area (Å²) in [7, 11) is 1.65. The number of benzene rings is 1. The lowest BCUT2D eigenvalue weighted by Crippen LogP contribution is -2.51. The van der Waals surface area contributed by atoms with Crippen LogP contribution in [0.25, 0.3) is 0 Å². The van der Waals surface area contributed by atoms with Crippen molar-refractivity contribution < 1.29 is 19.1 Å². The number of carbonyl (C=O) groups is 3. The van der Waals surface area contributed by atoms with E-state index in [4.69, 9.17) is 4.74 Å². The number of carbonyl (C=O) groups excluding carboxylic acids is 3. The van der Waals surface area contributed by atoms with Crippen molar-refractivity contribution in [2.24, 2.45) is 23.2 Å². The molecule has 4 aliphatic rings. The minimum Gasteiger partial charge on any atom is -0.454 e. The molecule has 2 aromatic rings. The van der Waals surface area contributed by atoms with Crippen LogP contribution >= 0.6 is 11.3 Å². The zero-order valence-corrected chi connectivity index (χ0v) is 18.5. The first-order chi connectivity index (χ1) is 14.9. The Labute approximate surface area is 186 Å². The number of anilines is 1. The van der Waals surface area contributed by atoms with E-state index in [9.17, 15) is 14.4 Å². The summed E-state index contributed by atoms with van der Waals surface area (Å²) in [6.07, 6.45) is 6.69. The lowest BCUT2D eigenvalue weighted by molar-refractivity contribution is -0.147. The molecule has 4 saturated carbocycles. The molecule has 1 aromatic carbocycles. The van der Waals surface area contributed by atoms with E-state index in [1.807, 2.05) is 11.4 Å². The van der Waals surface area contributed by atoms with Gasteiger partial charge in [-0.15, -0.1) is 11.3 Å². The van der Waals surface area contributed by atoms with Crippen LogP contribution in [-0.2, 0) is 9.53 Å². The van der Waals surface area contributed by atoms with Crippen LogP contribution in [0.1, 0.15) is 58.6 Å². The zero-order chi connectivity index (χ0) is 21.6. The summed E-state index contributed by atoms with van der Waals surface area (Å²) in [5, 5.41) is 1.84. The number of thiophene rings is 1. The number of para-hydroxylation sites is 1. The van der Waals surface area contributed by atoms with Crippen molar-refractivity contribution >= 4 is 34.7 Å². The molecular formula is C25H27NO4S. The number of ether oxygens (including phenoxy) is 1. The molecule has 0 atom stereocenters. The van der Waals surface area contributed by atoms with Gasteiger partial charge >= 0.3 is 5.97 Å². The standard InChI is InChI=1S/C25H27NO4S/c1-26(23(28)21-7-4-8-31-21)20-6-3-2-5-19(20)24(29)30-15-22(27)25-12-16-9-17(13-25)11-18(10-16)14-25/h2-8,16-18H,9-15H2,1H3. The van der Waals surface area contributed by atoms with Crippen LogP contribution in [-0.4, -0.2) is 31.3 Å². The molecule has 0 saturated heterocycles. The van der Waals surface area contributed by atoms with Crippen LogP contribution < -0.4 is 4.90 Å². The monoisotopic (exact) mass is 437 g/mol. The lowest BCUT2D eigenvalue weighted by atomic mass is 9.48. The lowest BCUT2D eigenvalue weighted by Gasteiger charge is -2.55. The summed E-state index contributed by atoms with van der Waals surface area (Å²) in [6, 6.07) is 10.5. The number of esters is 1. The fraction of sp³-hybridized carbons (Fsp3) is 0.480. The number of hydrogen-bond acceptors (Lipinski definition) is 5. The first kappa shape index (κ1) is 20.4. The van der Waals surface area contributed by atoms with Crippen LogP contribution in [0.4, 0.5) is 5.69 Å². The highest BCUT2D eigenvalue weighted by atomic mass is 32.1. The van der Waals surface area contributed by atoms with Crippen LogP contribution in [0.5, 0.6) is 0 Å². The molecule has 4 fully saturated rings. The Balaban J connectivity index is 1.28. The van der Waals surface area contributed by atoms with Gasteiger partial charge < -0.3 is 9.64 Å². The predicted octanol–water partition coefficient (Wildman–Crippen LogP) is 4.97. The van der Waals surface area contributed by atoms with E-state index in [0.29, 0.717) is 33.9 Å². The zero-order valence-electron chi connectivity index (χ0n) is 17.7. The molecule has 0 aliphatic heterocycles. The third-order valence-electron chi connectivity index (χ3n) is 7.49. The van der Waals surface area contributed by atoms with Gasteiger partial charge in [0.2, 0.25) is 0 Å². The fourth-order valence-electron chi connectivity index (χ4n) is 6.43. The molecule has 31 heavy (non-hydrogen) atoms. The summed E-state index contributed by atoms with van der Waals surface area (Å²) in [5.41, 5.74) is 0.502. The fourth-order valence-corrected chi connectivity index (χ4v) is 7.13. The minimum absolute atomic E-state index is 0.0837. The Hall–Kier alpha value is -2.47. The number of ketones is 1. The predicted molar refractivity (Wildman–Crippen MR) is 119 cm³/mol. The van der Waals surface area contributed by atoms with Gasteiger partial charge in [-0.1, -0.05) is 18.2 Å². The number of amides is 1.